The summed E-state index contributed by atoms with van der Waals surface area (Å²) in [5, 5.41) is 3.99. The molecule has 0 unspecified atom stereocenters. The predicted molar refractivity (Wildman–Crippen MR) is 85.8 cm³/mol. The predicted octanol–water partition coefficient (Wildman–Crippen LogP) is 3.23. The van der Waals surface area contributed by atoms with Crippen molar-refractivity contribution in [1.29, 1.82) is 0 Å². The summed E-state index contributed by atoms with van der Waals surface area (Å²) >= 11 is 8.90. The summed E-state index contributed by atoms with van der Waals surface area (Å²) in [4.78, 5) is 11.3. The second kappa shape index (κ2) is 6.85. The maximum absolute atomic E-state index is 11.3. The second-order valence-electron chi connectivity index (χ2n) is 4.50. The molecule has 0 heterocycles. The van der Waals surface area contributed by atoms with Gasteiger partial charge in [-0.25, -0.2) is 0 Å². The van der Waals surface area contributed by atoms with Crippen LogP contribution >= 0.6 is 11.6 Å². The van der Waals surface area contributed by atoms with Crippen molar-refractivity contribution >= 4 is 43.2 Å². The fraction of sp³-hybridized carbons (Fsp3) is 0.125. The van der Waals surface area contributed by atoms with Crippen molar-refractivity contribution in [2.75, 3.05) is 5.32 Å². The van der Waals surface area contributed by atoms with E-state index in [1.807, 2.05) is 48.5 Å². The van der Waals surface area contributed by atoms with Gasteiger partial charge < -0.3 is 0 Å². The van der Waals surface area contributed by atoms with E-state index in [4.69, 9.17) is 11.6 Å². The van der Waals surface area contributed by atoms with Crippen molar-refractivity contribution in [2.24, 2.45) is 0 Å². The molecule has 0 saturated heterocycles. The maximum atomic E-state index is 11.3. The van der Waals surface area contributed by atoms with Crippen LogP contribution in [0.2, 0.25) is 5.02 Å². The second-order valence-corrected chi connectivity index (χ2v) is 5.79. The fourth-order valence-electron chi connectivity index (χ4n) is 1.90. The molecule has 2 nitrogen and oxygen atoms in total. The first-order valence-electron chi connectivity index (χ1n) is 6.20. The average molecular weight is 351 g/mol. The van der Waals surface area contributed by atoms with Crippen molar-refractivity contribution in [3.8, 4) is 0 Å². The van der Waals surface area contributed by atoms with Gasteiger partial charge in [0.25, 0.3) is 0 Å². The van der Waals surface area contributed by atoms with Crippen LogP contribution in [0.1, 0.15) is 18.1 Å². The van der Waals surface area contributed by atoms with Crippen LogP contribution in [0.5, 0.6) is 0 Å². The van der Waals surface area contributed by atoms with Crippen LogP contribution in [0.4, 0.5) is 5.69 Å². The third kappa shape index (κ3) is 4.04. The van der Waals surface area contributed by atoms with Crippen molar-refractivity contribution in [3.63, 3.8) is 0 Å². The number of benzene rings is 2. The number of rotatable bonds is 5. The topological polar surface area (TPSA) is 29.1 Å². The third-order valence-corrected chi connectivity index (χ3v) is 3.73. The van der Waals surface area contributed by atoms with E-state index in [2.05, 4.69) is 20.9 Å². The van der Waals surface area contributed by atoms with Gasteiger partial charge in [-0.1, -0.05) is 0 Å². The first-order chi connectivity index (χ1) is 9.56. The zero-order valence-corrected chi connectivity index (χ0v) is 13.5. The van der Waals surface area contributed by atoms with Crippen molar-refractivity contribution in [2.45, 2.75) is 13.3 Å². The Hall–Kier alpha value is -1.41. The molecular formula is C16H14ClNOSe. The molecule has 0 spiro atoms. The Balaban J connectivity index is 2.20. The molecule has 2 aromatic carbocycles. The van der Waals surface area contributed by atoms with Crippen LogP contribution in [-0.4, -0.2) is 25.9 Å². The van der Waals surface area contributed by atoms with Gasteiger partial charge in [0.15, 0.2) is 0 Å². The van der Waals surface area contributed by atoms with Gasteiger partial charge in [0.2, 0.25) is 0 Å². The minimum absolute atomic E-state index is 0.150. The minimum atomic E-state index is 0.150. The number of ketones is 1. The molecule has 0 radical (unpaired) electrons. The monoisotopic (exact) mass is 351 g/mol. The van der Waals surface area contributed by atoms with Gasteiger partial charge in [0.1, 0.15) is 0 Å². The van der Waals surface area contributed by atoms with Crippen molar-refractivity contribution in [3.05, 3.63) is 64.7 Å². The Morgan fingerprint density at radius 3 is 2.45 bits per heavy atom. The number of nitrogens with one attached hydrogen (secondary N) is 1. The van der Waals surface area contributed by atoms with Gasteiger partial charge in [-0.3, -0.25) is 0 Å². The first-order valence-corrected chi connectivity index (χ1v) is 7.44. The van der Waals surface area contributed by atoms with E-state index in [-0.39, 0.29) is 5.78 Å². The molecule has 20 heavy (non-hydrogen) atoms. The Morgan fingerprint density at radius 2 is 1.80 bits per heavy atom. The number of hydrogen-bond donors (Lipinski definition) is 1. The average Bonchev–Trinajstić information content (AvgIpc) is 2.41. The van der Waals surface area contributed by atoms with E-state index < -0.39 is 0 Å². The summed E-state index contributed by atoms with van der Waals surface area (Å²) in [6, 6.07) is 15.3. The molecule has 2 aromatic rings. The van der Waals surface area contributed by atoms with Crippen LogP contribution < -0.4 is 5.32 Å². The van der Waals surface area contributed by atoms with Gasteiger partial charge >= 0.3 is 131 Å². The summed E-state index contributed by atoms with van der Waals surface area (Å²) in [6.07, 6.45) is 0.434. The molecule has 0 aromatic heterocycles. The van der Waals surface area contributed by atoms with E-state index in [1.165, 1.54) is 0 Å². The number of anilines is 1. The van der Waals surface area contributed by atoms with Gasteiger partial charge in [-0.05, 0) is 0 Å². The molecule has 2 rings (SSSR count). The molecule has 0 saturated carbocycles. The molecule has 0 bridgehead atoms. The number of halogens is 1. The van der Waals surface area contributed by atoms with Gasteiger partial charge in [-0.15, -0.1) is 0 Å². The summed E-state index contributed by atoms with van der Waals surface area (Å²) in [7, 11) is 0. The fourth-order valence-corrected chi connectivity index (χ4v) is 2.69. The molecular weight excluding hydrogens is 337 g/mol. The summed E-state index contributed by atoms with van der Waals surface area (Å²) in [5.41, 5.74) is 2.97. The quantitative estimate of drug-likeness (QED) is 0.839. The van der Waals surface area contributed by atoms with Crippen molar-refractivity contribution in [1.82, 2.24) is 0 Å². The zero-order valence-electron chi connectivity index (χ0n) is 11.0. The normalized spacial score (nSPS) is 10.1. The Morgan fingerprint density at radius 1 is 1.15 bits per heavy atom. The number of hydrogen-bond acceptors (Lipinski definition) is 2. The van der Waals surface area contributed by atoms with Crippen LogP contribution in [0.15, 0.2) is 48.5 Å². The molecule has 4 heteroatoms. The van der Waals surface area contributed by atoms with E-state index in [0.29, 0.717) is 11.4 Å². The number of carbonyl (C=O) groups excluding carboxylic acids is 1. The van der Waals surface area contributed by atoms with E-state index in [9.17, 15) is 4.79 Å². The Kier molecular flexibility index (Phi) is 5.13. The van der Waals surface area contributed by atoms with Crippen LogP contribution in [0, 0.1) is 0 Å². The molecule has 0 aliphatic carbocycles. The summed E-state index contributed by atoms with van der Waals surface area (Å²) in [6.45, 7) is 1.60. The Bertz CT molecular complexity index is 637. The molecule has 0 aliphatic heterocycles. The van der Waals surface area contributed by atoms with Gasteiger partial charge in [-0.2, -0.15) is 0 Å². The molecule has 0 amide bonds. The molecule has 102 valence electrons. The van der Waals surface area contributed by atoms with E-state index >= 15 is 0 Å². The summed E-state index contributed by atoms with van der Waals surface area (Å²) in [5.74, 6) is 0.150. The molecule has 0 atom stereocenters. The van der Waals surface area contributed by atoms with Crippen LogP contribution in [-0.2, 0) is 11.2 Å². The first kappa shape index (κ1) is 15.0. The SMILES string of the molecule is CC(=O)Cc1ccccc1C(=[Se])Nc1ccc(Cl)cc1. The van der Waals surface area contributed by atoms with Gasteiger partial charge in [0.05, 0.1) is 0 Å². The zero-order chi connectivity index (χ0) is 14.5. The van der Waals surface area contributed by atoms with Crippen LogP contribution in [0.3, 0.4) is 0 Å². The van der Waals surface area contributed by atoms with Crippen molar-refractivity contribution < 1.29 is 4.79 Å². The third-order valence-electron chi connectivity index (χ3n) is 2.80. The summed E-state index contributed by atoms with van der Waals surface area (Å²) < 4.78 is 0.893. The van der Waals surface area contributed by atoms with Gasteiger partial charge in [0, 0.05) is 0 Å². The Labute approximate surface area is 131 Å². The van der Waals surface area contributed by atoms with E-state index in [0.717, 1.165) is 21.4 Å². The molecule has 0 aliphatic rings. The number of Topliss-reactive ketones (excluding diaryl/α,β-unsaturated/α-hetero) is 1. The standard InChI is InChI=1S/C16H14ClNOSe/c1-11(19)10-12-4-2-3-5-15(12)16(20)18-14-8-6-13(17)7-9-14/h2-9H,10H2,1H3,(H,18,20). The molecule has 0 fully saturated rings. The molecule has 1 N–H and O–H groups in total. The van der Waals surface area contributed by atoms with E-state index in [1.54, 1.807) is 6.92 Å². The number of carbonyl (C=O) groups is 1. The van der Waals surface area contributed by atoms with Crippen LogP contribution in [0.25, 0.3) is 0 Å².